The minimum Gasteiger partial charge on any atom is -0.459 e. The topological polar surface area (TPSA) is 219 Å². The number of non-ortho nitro benzene ring substituents is 1. The second-order valence-corrected chi connectivity index (χ2v) is 19.7. The molecule has 9 rings (SSSR count). The summed E-state index contributed by atoms with van der Waals surface area (Å²) < 4.78 is 44.2. The summed E-state index contributed by atoms with van der Waals surface area (Å²) in [5, 5.41) is 39.5. The van der Waals surface area contributed by atoms with E-state index in [9.17, 15) is 25.1 Å². The Morgan fingerprint density at radius 2 is 1.53 bits per heavy atom. The molecule has 6 atom stereocenters. The molecule has 5 aromatic carbocycles. The van der Waals surface area contributed by atoms with Gasteiger partial charge in [-0.25, -0.2) is 9.59 Å². The number of hydrogen-bond acceptors (Lipinski definition) is 15. The fraction of sp³-hybridized carbons (Fsp3) is 0.383. The van der Waals surface area contributed by atoms with Crippen LogP contribution in [0.2, 0.25) is 0 Å². The predicted molar refractivity (Wildman–Crippen MR) is 288 cm³/mol. The van der Waals surface area contributed by atoms with E-state index in [2.05, 4.69) is 18.0 Å². The van der Waals surface area contributed by atoms with Crippen molar-refractivity contribution in [2.75, 3.05) is 39.8 Å². The number of ether oxygens (including phenoxy) is 7. The Labute approximate surface area is 453 Å². The van der Waals surface area contributed by atoms with Crippen molar-refractivity contribution in [3.8, 4) is 23.0 Å². The molecule has 18 heteroatoms. The van der Waals surface area contributed by atoms with Gasteiger partial charge >= 0.3 is 12.2 Å². The Morgan fingerprint density at radius 3 is 2.27 bits per heavy atom. The number of hydrogen-bond donors (Lipinski definition) is 3. The molecule has 2 amide bonds. The Balaban J connectivity index is 1.17. The molecule has 78 heavy (non-hydrogen) atoms. The van der Waals surface area contributed by atoms with Crippen LogP contribution < -0.4 is 24.3 Å². The summed E-state index contributed by atoms with van der Waals surface area (Å²) in [6.45, 7) is 4.67. The van der Waals surface area contributed by atoms with Crippen molar-refractivity contribution in [1.82, 2.24) is 10.2 Å². The summed E-state index contributed by atoms with van der Waals surface area (Å²) in [5.41, 5.74) is 5.15. The normalized spacial score (nSPS) is 21.0. The number of carbonyl (C=O) groups excluding carboxylic acids is 2. The summed E-state index contributed by atoms with van der Waals surface area (Å²) in [4.78, 5) is 47.6. The lowest BCUT2D eigenvalue weighted by Gasteiger charge is -2.59. The number of amides is 2. The van der Waals surface area contributed by atoms with Gasteiger partial charge in [-0.1, -0.05) is 96.9 Å². The molecule has 4 aliphatic rings. The van der Waals surface area contributed by atoms with Crippen LogP contribution in [0, 0.1) is 27.9 Å². The van der Waals surface area contributed by atoms with E-state index in [0.717, 1.165) is 22.3 Å². The maximum Gasteiger partial charge on any atom is 0.412 e. The number of oxime groups is 1. The van der Waals surface area contributed by atoms with Crippen LogP contribution >= 0.6 is 0 Å². The van der Waals surface area contributed by atoms with E-state index < -0.39 is 40.8 Å². The highest BCUT2D eigenvalue weighted by Gasteiger charge is 2.66. The molecule has 3 N–H and O–H groups in total. The number of nitro groups is 1. The highest BCUT2D eigenvalue weighted by molar-refractivity contribution is 6.03. The number of unbranched alkanes of at least 4 members (excludes halogenated alkanes) is 2. The third-order valence-electron chi connectivity index (χ3n) is 14.7. The van der Waals surface area contributed by atoms with Gasteiger partial charge in [0.1, 0.15) is 30.8 Å². The molecule has 0 bridgehead atoms. The lowest BCUT2D eigenvalue weighted by molar-refractivity contribution is -0.384. The fourth-order valence-electron chi connectivity index (χ4n) is 11.1. The Morgan fingerprint density at radius 1 is 0.821 bits per heavy atom. The lowest BCUT2D eigenvalue weighted by Crippen LogP contribution is -2.70. The molecule has 1 fully saturated rings. The number of aliphatic hydroxyl groups is 2. The Kier molecular flexibility index (Phi) is 18.7. The molecule has 5 aromatic rings. The zero-order valence-electron chi connectivity index (χ0n) is 43.5. The van der Waals surface area contributed by atoms with Crippen molar-refractivity contribution in [2.24, 2.45) is 22.9 Å². The minimum absolute atomic E-state index is 0.00154. The number of carbonyl (C=O) groups is 2. The van der Waals surface area contributed by atoms with E-state index >= 15 is 4.79 Å². The molecular weight excluding hydrogens is 1000 g/mol. The molecule has 1 saturated carbocycles. The molecule has 0 radical (unpaired) electrons. The van der Waals surface area contributed by atoms with Crippen molar-refractivity contribution < 1.29 is 62.7 Å². The van der Waals surface area contributed by atoms with Gasteiger partial charge in [0.25, 0.3) is 5.69 Å². The quantitative estimate of drug-likeness (QED) is 0.0203. The molecule has 0 saturated heterocycles. The van der Waals surface area contributed by atoms with Gasteiger partial charge in [0.15, 0.2) is 11.5 Å². The van der Waals surface area contributed by atoms with Crippen molar-refractivity contribution >= 4 is 23.6 Å². The Hall–Kier alpha value is -7.77. The number of nitrogens with one attached hydrogen (secondary N) is 1. The smallest absolute Gasteiger partial charge is 0.412 e. The van der Waals surface area contributed by atoms with Crippen LogP contribution in [0.5, 0.6) is 23.0 Å². The maximum atomic E-state index is 15.2. The molecule has 0 unspecified atom stereocenters. The molecule has 0 spiro atoms. The number of benzene rings is 5. The van der Waals surface area contributed by atoms with Crippen LogP contribution in [0.4, 0.5) is 15.3 Å². The molecule has 2 aliphatic carbocycles. The van der Waals surface area contributed by atoms with Gasteiger partial charge in [-0.05, 0) is 108 Å². The van der Waals surface area contributed by atoms with E-state index in [0.29, 0.717) is 79.2 Å². The van der Waals surface area contributed by atoms with Crippen LogP contribution in [0.3, 0.4) is 0 Å². The average Bonchev–Trinajstić information content (AvgIpc) is 2.66. The van der Waals surface area contributed by atoms with E-state index in [4.69, 9.17) is 43.2 Å². The van der Waals surface area contributed by atoms with Gasteiger partial charge in [0, 0.05) is 56.3 Å². The summed E-state index contributed by atoms with van der Waals surface area (Å²) >= 11 is 0. The molecular formula is C60H66N4O14. The van der Waals surface area contributed by atoms with Crippen molar-refractivity contribution in [2.45, 2.75) is 89.0 Å². The van der Waals surface area contributed by atoms with E-state index in [1.807, 2.05) is 78.9 Å². The van der Waals surface area contributed by atoms with Crippen molar-refractivity contribution in [1.29, 1.82) is 0 Å². The van der Waals surface area contributed by atoms with Gasteiger partial charge < -0.3 is 53.5 Å². The van der Waals surface area contributed by atoms with Gasteiger partial charge in [-0.2, -0.15) is 0 Å². The van der Waals surface area contributed by atoms with Crippen molar-refractivity contribution in [3.05, 3.63) is 184 Å². The van der Waals surface area contributed by atoms with Gasteiger partial charge in [0.05, 0.1) is 36.4 Å². The number of allylic oxidation sites excluding steroid dienone is 1. The SMILES string of the molecule is C=CCO[C@@]12Oc3ccc(OC(=O)NCc4ccccc4)cc3[C@H]3[C@H](CCCCO)[C@@H](CCCCO)C=C(C(=NOCc4ccc([N+](=O)[O-])cc4)C[C@@H]1N(Cc1ccc4c(c1)OCO4)C(=O)OCCOCc1ccccc1)[C@H]32. The van der Waals surface area contributed by atoms with Crippen LogP contribution in [-0.2, 0) is 45.4 Å². The van der Waals surface area contributed by atoms with E-state index in [-0.39, 0.29) is 89.2 Å². The van der Waals surface area contributed by atoms with Gasteiger partial charge in [0.2, 0.25) is 12.6 Å². The van der Waals surface area contributed by atoms with Gasteiger partial charge in [-0.15, -0.1) is 6.58 Å². The summed E-state index contributed by atoms with van der Waals surface area (Å²) in [5.74, 6) is -1.28. The van der Waals surface area contributed by atoms with Crippen LogP contribution in [0.15, 0.2) is 151 Å². The Bertz CT molecular complexity index is 2900. The first kappa shape index (κ1) is 55.0. The monoisotopic (exact) mass is 1070 g/mol. The third-order valence-corrected chi connectivity index (χ3v) is 14.7. The molecule has 2 aliphatic heterocycles. The number of nitro benzene ring substituents is 1. The number of rotatable bonds is 26. The minimum atomic E-state index is -1.67. The summed E-state index contributed by atoms with van der Waals surface area (Å²) in [7, 11) is 0. The van der Waals surface area contributed by atoms with E-state index in [1.165, 1.54) is 12.1 Å². The second kappa shape index (κ2) is 26.5. The number of nitrogens with zero attached hydrogens (tertiary/aromatic N) is 3. The summed E-state index contributed by atoms with van der Waals surface area (Å²) in [6, 6.07) is 35.0. The van der Waals surface area contributed by atoms with Crippen LogP contribution in [0.25, 0.3) is 0 Å². The number of fused-ring (bicyclic) bond motifs is 3. The zero-order chi connectivity index (χ0) is 54.3. The second-order valence-electron chi connectivity index (χ2n) is 19.7. The highest BCUT2D eigenvalue weighted by atomic mass is 16.7. The predicted octanol–water partition coefficient (Wildman–Crippen LogP) is 10.3. The number of aliphatic hydroxyl groups excluding tert-OH is 2. The van der Waals surface area contributed by atoms with Crippen LogP contribution in [0.1, 0.15) is 78.7 Å². The lowest BCUT2D eigenvalue weighted by atomic mass is 9.55. The average molecular weight is 1070 g/mol. The summed E-state index contributed by atoms with van der Waals surface area (Å²) in [6.07, 6.45) is 6.43. The first-order chi connectivity index (χ1) is 38.2. The molecule has 410 valence electrons. The van der Waals surface area contributed by atoms with Crippen LogP contribution in [-0.4, -0.2) is 89.6 Å². The fourth-order valence-corrected chi connectivity index (χ4v) is 11.1. The first-order valence-corrected chi connectivity index (χ1v) is 26.5. The molecule has 18 nitrogen and oxygen atoms in total. The maximum absolute atomic E-state index is 15.2. The first-order valence-electron chi connectivity index (χ1n) is 26.5. The zero-order valence-corrected chi connectivity index (χ0v) is 43.5. The largest absolute Gasteiger partial charge is 0.459 e. The third kappa shape index (κ3) is 13.1. The highest BCUT2D eigenvalue weighted by Crippen LogP contribution is 2.62. The molecule has 0 aromatic heterocycles. The van der Waals surface area contributed by atoms with E-state index in [1.54, 1.807) is 41.3 Å². The standard InChI is InChI=1S/C60H66N4O14/c1-2-29-75-60-55(63(37-44-21-25-53-54(32-44)74-40-73-53)59(68)72-31-30-71-38-42-15-7-4-8-16-42)35-51(62-76-39-43-19-22-46(23-20-43)64(69)70)49-33-45(17-9-11-27-65)48(18-10-12-28-66)56(57(49)60)50-34-47(24-26-52(50)78-60)77-58(67)61-36-41-13-5-3-6-14-41/h2-8,13-16,19-26,32-34,45,48,55-57,65-66H,1,9-12,17-18,27-31,35-40H2,(H,61,67)/t45-,48+,55-,56+,57+,60+/m0/s1. The van der Waals surface area contributed by atoms with Gasteiger partial charge in [-0.3, -0.25) is 15.0 Å². The molecule has 2 heterocycles. The van der Waals surface area contributed by atoms with Crippen molar-refractivity contribution in [3.63, 3.8) is 0 Å².